The predicted molar refractivity (Wildman–Crippen MR) is 114 cm³/mol. The molecule has 0 bridgehead atoms. The molecule has 4 aromatic carbocycles. The molecule has 0 spiro atoms. The van der Waals surface area contributed by atoms with Gasteiger partial charge in [0.1, 0.15) is 0 Å². The Labute approximate surface area is 157 Å². The average molecular weight is 353 g/mol. The van der Waals surface area contributed by atoms with Crippen molar-refractivity contribution < 1.29 is 0 Å². The molecular weight excluding hydrogens is 334 g/mol. The number of aliphatic imine (C=N–C) groups is 2. The summed E-state index contributed by atoms with van der Waals surface area (Å²) in [5, 5.41) is 7.39. The third-order valence-electron chi connectivity index (χ3n) is 4.29. The van der Waals surface area contributed by atoms with Crippen molar-refractivity contribution in [3.8, 4) is 0 Å². The Morgan fingerprint density at radius 2 is 1.26 bits per heavy atom. The van der Waals surface area contributed by atoms with Gasteiger partial charge in [-0.3, -0.25) is 0 Å². The lowest BCUT2D eigenvalue weighted by Crippen LogP contribution is -2.26. The number of fused-ring (bicyclic) bond motifs is 2. The average Bonchev–Trinajstić information content (AvgIpc) is 2.68. The fraction of sp³-hybridized carbons (Fsp3) is 0. The van der Waals surface area contributed by atoms with Gasteiger partial charge in [0, 0.05) is 16.5 Å². The van der Waals surface area contributed by atoms with Crippen LogP contribution in [0, 0.1) is 0 Å². The number of rotatable bonds is 2. The van der Waals surface area contributed by atoms with Crippen LogP contribution in [0.5, 0.6) is 0 Å². The first-order valence-electron chi connectivity index (χ1n) is 8.61. The molecule has 5 N–H and O–H groups in total. The van der Waals surface area contributed by atoms with Gasteiger partial charge >= 0.3 is 0 Å². The maximum atomic E-state index is 6.04. The lowest BCUT2D eigenvalue weighted by atomic mass is 10.1. The number of nitrogens with zero attached hydrogens (tertiary/aromatic N) is 2. The summed E-state index contributed by atoms with van der Waals surface area (Å²) >= 11 is 0. The lowest BCUT2D eigenvalue weighted by molar-refractivity contribution is 1.40. The minimum atomic E-state index is 0.0941. The van der Waals surface area contributed by atoms with E-state index in [1.807, 2.05) is 84.9 Å². The van der Waals surface area contributed by atoms with E-state index in [4.69, 9.17) is 11.5 Å². The number of hydrogen-bond donors (Lipinski definition) is 3. The summed E-state index contributed by atoms with van der Waals surface area (Å²) in [6.07, 6.45) is 0. The molecule has 4 rings (SSSR count). The second-order valence-electron chi connectivity index (χ2n) is 6.12. The fourth-order valence-corrected chi connectivity index (χ4v) is 3.08. The van der Waals surface area contributed by atoms with Gasteiger partial charge in [-0.25, -0.2) is 4.99 Å². The number of benzene rings is 4. The Balaban J connectivity index is 1.63. The Morgan fingerprint density at radius 3 is 2.04 bits per heavy atom. The van der Waals surface area contributed by atoms with Crippen molar-refractivity contribution in [3.63, 3.8) is 0 Å². The molecule has 0 unspecified atom stereocenters. The smallest absolute Gasteiger partial charge is 0.223 e. The molecule has 0 aliphatic rings. The van der Waals surface area contributed by atoms with E-state index < -0.39 is 0 Å². The third-order valence-corrected chi connectivity index (χ3v) is 4.29. The molecule has 0 saturated heterocycles. The van der Waals surface area contributed by atoms with Gasteiger partial charge in [0.25, 0.3) is 0 Å². The first kappa shape index (κ1) is 16.6. The maximum absolute atomic E-state index is 6.04. The van der Waals surface area contributed by atoms with Gasteiger partial charge in [0.2, 0.25) is 11.9 Å². The van der Waals surface area contributed by atoms with Gasteiger partial charge in [-0.1, -0.05) is 72.8 Å². The Bertz CT molecular complexity index is 1170. The molecular formula is C22H19N5. The van der Waals surface area contributed by atoms with Gasteiger partial charge < -0.3 is 16.8 Å². The second-order valence-corrected chi connectivity index (χ2v) is 6.12. The molecule has 0 fully saturated rings. The van der Waals surface area contributed by atoms with E-state index in [2.05, 4.69) is 15.3 Å². The number of nitrogens with two attached hydrogens (primary N) is 2. The van der Waals surface area contributed by atoms with Crippen LogP contribution in [0.3, 0.4) is 0 Å². The Kier molecular flexibility index (Phi) is 4.41. The number of nitrogens with one attached hydrogen (secondary N) is 1. The van der Waals surface area contributed by atoms with Crippen LogP contribution >= 0.6 is 0 Å². The Hall–Kier alpha value is -3.86. The zero-order valence-electron chi connectivity index (χ0n) is 14.6. The van der Waals surface area contributed by atoms with E-state index in [1.165, 1.54) is 0 Å². The van der Waals surface area contributed by atoms with Gasteiger partial charge in [-0.2, -0.15) is 4.99 Å². The van der Waals surface area contributed by atoms with Crippen molar-refractivity contribution >= 4 is 44.8 Å². The summed E-state index contributed by atoms with van der Waals surface area (Å²) < 4.78 is 0. The monoisotopic (exact) mass is 353 g/mol. The molecule has 0 saturated carbocycles. The first-order chi connectivity index (χ1) is 13.2. The van der Waals surface area contributed by atoms with Gasteiger partial charge in [-0.05, 0) is 22.9 Å². The minimum Gasteiger partial charge on any atom is -0.369 e. The molecule has 0 aliphatic heterocycles. The van der Waals surface area contributed by atoms with Crippen LogP contribution in [0.2, 0.25) is 0 Å². The molecule has 0 aliphatic carbocycles. The standard InChI is InChI=1S/C22H19N5/c23-21(25-19-13-5-9-15-7-1-3-11-17(15)19)27-22(24)26-20-14-6-10-16-8-2-4-12-18(16)20/h1-14H,(H5,23,24,25,26,27). The summed E-state index contributed by atoms with van der Waals surface area (Å²) in [6, 6.07) is 27.9. The van der Waals surface area contributed by atoms with E-state index in [0.29, 0.717) is 0 Å². The molecule has 0 amide bonds. The molecule has 132 valence electrons. The van der Waals surface area contributed by atoms with E-state index in [9.17, 15) is 0 Å². The SMILES string of the molecule is NC(=Nc1cccc2ccccc12)/N=C(\N)Nc1cccc2ccccc12. The minimum absolute atomic E-state index is 0.0941. The largest absolute Gasteiger partial charge is 0.369 e. The van der Waals surface area contributed by atoms with Crippen LogP contribution in [-0.2, 0) is 0 Å². The molecule has 5 heteroatoms. The van der Waals surface area contributed by atoms with Crippen LogP contribution in [0.4, 0.5) is 11.4 Å². The van der Waals surface area contributed by atoms with Crippen molar-refractivity contribution in [1.29, 1.82) is 0 Å². The molecule has 4 aromatic rings. The molecule has 0 atom stereocenters. The van der Waals surface area contributed by atoms with Crippen molar-refractivity contribution in [2.45, 2.75) is 0 Å². The molecule has 27 heavy (non-hydrogen) atoms. The zero-order chi connectivity index (χ0) is 18.6. The fourth-order valence-electron chi connectivity index (χ4n) is 3.08. The van der Waals surface area contributed by atoms with Crippen molar-refractivity contribution in [2.75, 3.05) is 5.32 Å². The summed E-state index contributed by atoms with van der Waals surface area (Å²) in [5.74, 6) is 0.282. The van der Waals surface area contributed by atoms with Gasteiger partial charge in [0.05, 0.1) is 5.69 Å². The highest BCUT2D eigenvalue weighted by atomic mass is 15.2. The number of guanidine groups is 2. The van der Waals surface area contributed by atoms with Gasteiger partial charge in [-0.15, -0.1) is 0 Å². The summed E-state index contributed by atoms with van der Waals surface area (Å²) in [6.45, 7) is 0. The molecule has 0 radical (unpaired) electrons. The summed E-state index contributed by atoms with van der Waals surface area (Å²) in [5.41, 5.74) is 13.7. The highest BCUT2D eigenvalue weighted by Crippen LogP contribution is 2.25. The van der Waals surface area contributed by atoms with Crippen LogP contribution < -0.4 is 16.8 Å². The van der Waals surface area contributed by atoms with Crippen molar-refractivity contribution in [2.24, 2.45) is 21.5 Å². The van der Waals surface area contributed by atoms with Crippen molar-refractivity contribution in [3.05, 3.63) is 84.9 Å². The quantitative estimate of drug-likeness (QED) is 0.369. The number of hydrogen-bond acceptors (Lipinski definition) is 1. The van der Waals surface area contributed by atoms with E-state index >= 15 is 0 Å². The van der Waals surface area contributed by atoms with Crippen LogP contribution in [0.1, 0.15) is 0 Å². The van der Waals surface area contributed by atoms with E-state index in [-0.39, 0.29) is 11.9 Å². The Morgan fingerprint density at radius 1 is 0.667 bits per heavy atom. The van der Waals surface area contributed by atoms with Crippen molar-refractivity contribution in [1.82, 2.24) is 0 Å². The third kappa shape index (κ3) is 3.57. The second kappa shape index (κ2) is 7.17. The number of anilines is 1. The zero-order valence-corrected chi connectivity index (χ0v) is 14.6. The maximum Gasteiger partial charge on any atom is 0.223 e. The molecule has 5 nitrogen and oxygen atoms in total. The topological polar surface area (TPSA) is 88.8 Å². The predicted octanol–water partition coefficient (Wildman–Crippen LogP) is 4.37. The highest BCUT2D eigenvalue weighted by Gasteiger charge is 2.03. The van der Waals surface area contributed by atoms with Crippen LogP contribution in [0.15, 0.2) is 94.9 Å². The van der Waals surface area contributed by atoms with E-state index in [1.54, 1.807) is 0 Å². The molecule has 0 heterocycles. The summed E-state index contributed by atoms with van der Waals surface area (Å²) in [4.78, 5) is 8.61. The first-order valence-corrected chi connectivity index (χ1v) is 8.61. The van der Waals surface area contributed by atoms with Crippen LogP contribution in [-0.4, -0.2) is 11.9 Å². The summed E-state index contributed by atoms with van der Waals surface area (Å²) in [7, 11) is 0. The van der Waals surface area contributed by atoms with Gasteiger partial charge in [0.15, 0.2) is 0 Å². The van der Waals surface area contributed by atoms with Crippen LogP contribution in [0.25, 0.3) is 21.5 Å². The molecule has 0 aromatic heterocycles. The highest BCUT2D eigenvalue weighted by molar-refractivity contribution is 6.06. The van der Waals surface area contributed by atoms with E-state index in [0.717, 1.165) is 32.9 Å². The lowest BCUT2D eigenvalue weighted by Gasteiger charge is -2.09. The normalized spacial score (nSPS) is 12.4.